The molecule has 1 aliphatic heterocycles. The molecule has 1 heterocycles. The molecule has 1 unspecified atom stereocenters. The van der Waals surface area contributed by atoms with Gasteiger partial charge in [-0.15, -0.1) is 0 Å². The number of aliphatic carboxylic acids is 1. The van der Waals surface area contributed by atoms with Crippen molar-refractivity contribution in [1.82, 2.24) is 9.80 Å². The maximum absolute atomic E-state index is 12.4. The van der Waals surface area contributed by atoms with E-state index in [0.29, 0.717) is 24.8 Å². The number of carbonyl (C=O) groups is 2. The van der Waals surface area contributed by atoms with Gasteiger partial charge in [-0.2, -0.15) is 0 Å². The highest BCUT2D eigenvalue weighted by Crippen LogP contribution is 2.17. The van der Waals surface area contributed by atoms with Crippen molar-refractivity contribution in [2.45, 2.75) is 46.6 Å². The van der Waals surface area contributed by atoms with Crippen LogP contribution in [-0.4, -0.2) is 59.0 Å². The second kappa shape index (κ2) is 7.62. The van der Waals surface area contributed by atoms with E-state index in [4.69, 9.17) is 5.11 Å². The Hall–Kier alpha value is -1.10. The van der Waals surface area contributed by atoms with E-state index in [0.717, 1.165) is 19.5 Å². The van der Waals surface area contributed by atoms with E-state index in [1.165, 1.54) is 0 Å². The van der Waals surface area contributed by atoms with Crippen LogP contribution in [0.3, 0.4) is 0 Å². The van der Waals surface area contributed by atoms with E-state index in [1.807, 2.05) is 4.90 Å². The van der Waals surface area contributed by atoms with E-state index in [9.17, 15) is 9.59 Å². The van der Waals surface area contributed by atoms with Crippen molar-refractivity contribution in [3.05, 3.63) is 0 Å². The molecule has 5 heteroatoms. The normalized spacial score (nSPS) is 19.8. The van der Waals surface area contributed by atoms with Crippen LogP contribution in [0.4, 0.5) is 0 Å². The number of nitrogens with zero attached hydrogens (tertiary/aromatic N) is 2. The van der Waals surface area contributed by atoms with Crippen LogP contribution in [-0.2, 0) is 9.59 Å². The number of hydrogen-bond donors (Lipinski definition) is 1. The van der Waals surface area contributed by atoms with E-state index in [2.05, 4.69) is 27.7 Å². The van der Waals surface area contributed by atoms with Gasteiger partial charge in [0.1, 0.15) is 6.04 Å². The van der Waals surface area contributed by atoms with Crippen molar-refractivity contribution in [2.24, 2.45) is 11.8 Å². The summed E-state index contributed by atoms with van der Waals surface area (Å²) in [5.74, 6) is 0.0909. The first-order valence-corrected chi connectivity index (χ1v) is 7.55. The number of carboxylic acid groups (broad SMARTS) is 1. The lowest BCUT2D eigenvalue weighted by Crippen LogP contribution is -2.46. The quantitative estimate of drug-likeness (QED) is 0.772. The molecule has 5 nitrogen and oxygen atoms in total. The van der Waals surface area contributed by atoms with Crippen LogP contribution in [0.15, 0.2) is 0 Å². The predicted molar refractivity (Wildman–Crippen MR) is 78.5 cm³/mol. The monoisotopic (exact) mass is 284 g/mol. The fraction of sp³-hybridized carbons (Fsp3) is 0.867. The molecular weight excluding hydrogens is 256 g/mol. The number of carboxylic acids is 1. The number of rotatable bonds is 7. The van der Waals surface area contributed by atoms with E-state index in [1.54, 1.807) is 4.90 Å². The van der Waals surface area contributed by atoms with Crippen LogP contribution in [0.25, 0.3) is 0 Å². The number of carbonyl (C=O) groups excluding carboxylic acids is 1. The molecule has 0 aromatic rings. The molecule has 0 saturated carbocycles. The smallest absolute Gasteiger partial charge is 0.320 e. The summed E-state index contributed by atoms with van der Waals surface area (Å²) in [4.78, 5) is 27.3. The summed E-state index contributed by atoms with van der Waals surface area (Å²) in [6.45, 7) is 10.8. The van der Waals surface area contributed by atoms with Gasteiger partial charge in [-0.3, -0.25) is 14.5 Å². The van der Waals surface area contributed by atoms with Gasteiger partial charge in [-0.05, 0) is 31.2 Å². The SMILES string of the molecule is CC(C)CN(CC(C)C)C(=O)CN1CCCC1C(=O)O. The molecule has 1 amide bonds. The van der Waals surface area contributed by atoms with Gasteiger partial charge in [0.05, 0.1) is 6.54 Å². The standard InChI is InChI=1S/C15H28N2O3/c1-11(2)8-17(9-12(3)4)14(18)10-16-7-5-6-13(16)15(19)20/h11-13H,5-10H2,1-4H3,(H,19,20). The van der Waals surface area contributed by atoms with Gasteiger partial charge >= 0.3 is 5.97 Å². The highest BCUT2D eigenvalue weighted by molar-refractivity contribution is 5.80. The molecular formula is C15H28N2O3. The first kappa shape index (κ1) is 17.0. The highest BCUT2D eigenvalue weighted by Gasteiger charge is 2.32. The molecule has 1 saturated heterocycles. The minimum atomic E-state index is -0.811. The minimum Gasteiger partial charge on any atom is -0.480 e. The molecule has 0 radical (unpaired) electrons. The zero-order chi connectivity index (χ0) is 15.3. The summed E-state index contributed by atoms with van der Waals surface area (Å²) >= 11 is 0. The van der Waals surface area contributed by atoms with Crippen LogP contribution < -0.4 is 0 Å². The second-order valence-electron chi connectivity index (χ2n) is 6.55. The number of hydrogen-bond acceptors (Lipinski definition) is 3. The summed E-state index contributed by atoms with van der Waals surface area (Å²) in [7, 11) is 0. The first-order valence-electron chi connectivity index (χ1n) is 7.55. The third-order valence-corrected chi connectivity index (χ3v) is 3.51. The van der Waals surface area contributed by atoms with Crippen molar-refractivity contribution in [2.75, 3.05) is 26.2 Å². The molecule has 1 fully saturated rings. The molecule has 20 heavy (non-hydrogen) atoms. The Kier molecular flexibility index (Phi) is 6.46. The summed E-state index contributed by atoms with van der Waals surface area (Å²) in [6.07, 6.45) is 1.51. The molecule has 1 atom stereocenters. The minimum absolute atomic E-state index is 0.0561. The third kappa shape index (κ3) is 5.12. The maximum atomic E-state index is 12.4. The summed E-state index contributed by atoms with van der Waals surface area (Å²) in [5.41, 5.74) is 0. The van der Waals surface area contributed by atoms with Gasteiger partial charge in [0.25, 0.3) is 0 Å². The third-order valence-electron chi connectivity index (χ3n) is 3.51. The Morgan fingerprint density at radius 1 is 1.20 bits per heavy atom. The molecule has 0 aromatic carbocycles. The Morgan fingerprint density at radius 2 is 1.75 bits per heavy atom. The zero-order valence-electron chi connectivity index (χ0n) is 13.1. The van der Waals surface area contributed by atoms with Gasteiger partial charge in [0.15, 0.2) is 0 Å². The lowest BCUT2D eigenvalue weighted by Gasteiger charge is -2.29. The Morgan fingerprint density at radius 3 is 2.20 bits per heavy atom. The van der Waals surface area contributed by atoms with Gasteiger partial charge in [0, 0.05) is 13.1 Å². The Labute approximate surface area is 121 Å². The van der Waals surface area contributed by atoms with E-state index >= 15 is 0 Å². The molecule has 1 N–H and O–H groups in total. The molecule has 116 valence electrons. The topological polar surface area (TPSA) is 60.9 Å². The van der Waals surface area contributed by atoms with Crippen LogP contribution in [0.1, 0.15) is 40.5 Å². The van der Waals surface area contributed by atoms with Crippen molar-refractivity contribution in [3.8, 4) is 0 Å². The average molecular weight is 284 g/mol. The van der Waals surface area contributed by atoms with Crippen LogP contribution >= 0.6 is 0 Å². The lowest BCUT2D eigenvalue weighted by molar-refractivity contribution is -0.143. The fourth-order valence-electron chi connectivity index (χ4n) is 2.73. The highest BCUT2D eigenvalue weighted by atomic mass is 16.4. The van der Waals surface area contributed by atoms with Crippen molar-refractivity contribution in [1.29, 1.82) is 0 Å². The van der Waals surface area contributed by atoms with Crippen molar-refractivity contribution < 1.29 is 14.7 Å². The zero-order valence-corrected chi connectivity index (χ0v) is 13.1. The fourth-order valence-corrected chi connectivity index (χ4v) is 2.73. The van der Waals surface area contributed by atoms with Gasteiger partial charge in [-0.25, -0.2) is 0 Å². The molecule has 0 spiro atoms. The van der Waals surface area contributed by atoms with Gasteiger partial charge < -0.3 is 10.0 Å². The molecule has 1 rings (SSSR count). The predicted octanol–water partition coefficient (Wildman–Crippen LogP) is 1.68. The Bertz CT molecular complexity index is 332. The lowest BCUT2D eigenvalue weighted by atomic mass is 10.1. The van der Waals surface area contributed by atoms with Crippen molar-refractivity contribution >= 4 is 11.9 Å². The molecule has 0 bridgehead atoms. The Balaban J connectivity index is 2.62. The van der Waals surface area contributed by atoms with Crippen LogP contribution in [0, 0.1) is 11.8 Å². The summed E-state index contributed by atoms with van der Waals surface area (Å²) < 4.78 is 0. The van der Waals surface area contributed by atoms with Crippen LogP contribution in [0.5, 0.6) is 0 Å². The number of likely N-dealkylation sites (tertiary alicyclic amines) is 1. The first-order chi connectivity index (χ1) is 9.31. The van der Waals surface area contributed by atoms with E-state index < -0.39 is 12.0 Å². The maximum Gasteiger partial charge on any atom is 0.320 e. The average Bonchev–Trinajstić information content (AvgIpc) is 2.74. The largest absolute Gasteiger partial charge is 0.480 e. The molecule has 1 aliphatic rings. The van der Waals surface area contributed by atoms with E-state index in [-0.39, 0.29) is 12.5 Å². The van der Waals surface area contributed by atoms with Gasteiger partial charge in [0.2, 0.25) is 5.91 Å². The number of amides is 1. The van der Waals surface area contributed by atoms with Crippen LogP contribution in [0.2, 0.25) is 0 Å². The summed E-state index contributed by atoms with van der Waals surface area (Å²) in [5, 5.41) is 9.16. The molecule has 0 aromatic heterocycles. The van der Waals surface area contributed by atoms with Gasteiger partial charge in [-0.1, -0.05) is 27.7 Å². The van der Waals surface area contributed by atoms with Crippen molar-refractivity contribution in [3.63, 3.8) is 0 Å². The molecule has 0 aliphatic carbocycles. The second-order valence-corrected chi connectivity index (χ2v) is 6.55. The summed E-state index contributed by atoms with van der Waals surface area (Å²) in [6, 6.07) is -0.487.